The third kappa shape index (κ3) is 5.14. The smallest absolute Gasteiger partial charge is 0.0544 e. The van der Waals surface area contributed by atoms with Gasteiger partial charge >= 0.3 is 0 Å². The first kappa shape index (κ1) is 35.5. The number of aromatic nitrogens is 1. The van der Waals surface area contributed by atoms with Crippen molar-refractivity contribution in [3.8, 4) is 16.8 Å². The second kappa shape index (κ2) is 12.5. The summed E-state index contributed by atoms with van der Waals surface area (Å²) in [6, 6.07) is 52.4. The maximum Gasteiger partial charge on any atom is 0.0544 e. The molecule has 61 heavy (non-hydrogen) atoms. The normalized spacial score (nSPS) is 30.9. The minimum Gasteiger partial charge on any atom is -0.310 e. The van der Waals surface area contributed by atoms with Crippen LogP contribution in [-0.4, -0.2) is 4.57 Å². The molecule has 9 aliphatic rings. The predicted molar refractivity (Wildman–Crippen MR) is 253 cm³/mol. The molecule has 9 aliphatic carbocycles. The van der Waals surface area contributed by atoms with Gasteiger partial charge in [-0.2, -0.15) is 0 Å². The van der Waals surface area contributed by atoms with E-state index in [0.29, 0.717) is 10.8 Å². The Kier molecular flexibility index (Phi) is 7.29. The third-order valence-electron chi connectivity index (χ3n) is 18.3. The molecular formula is C59H58N2. The van der Waals surface area contributed by atoms with Crippen LogP contribution in [-0.2, 0) is 16.2 Å². The van der Waals surface area contributed by atoms with Gasteiger partial charge in [-0.05, 0) is 223 Å². The molecule has 2 heteroatoms. The van der Waals surface area contributed by atoms with Gasteiger partial charge in [-0.3, -0.25) is 0 Å². The van der Waals surface area contributed by atoms with Crippen molar-refractivity contribution in [1.29, 1.82) is 0 Å². The summed E-state index contributed by atoms with van der Waals surface area (Å²) in [6.45, 7) is 4.90. The summed E-state index contributed by atoms with van der Waals surface area (Å²) in [7, 11) is 0. The van der Waals surface area contributed by atoms with Crippen molar-refractivity contribution in [2.24, 2.45) is 35.5 Å². The Hall–Kier alpha value is -5.08. The van der Waals surface area contributed by atoms with Gasteiger partial charge in [0.2, 0.25) is 0 Å². The molecule has 304 valence electrons. The molecule has 0 atom stereocenters. The first-order valence-electron chi connectivity index (χ1n) is 24.1. The number of rotatable bonds is 6. The van der Waals surface area contributed by atoms with E-state index in [4.69, 9.17) is 0 Å². The third-order valence-corrected chi connectivity index (χ3v) is 18.3. The summed E-state index contributed by atoms with van der Waals surface area (Å²) in [4.78, 5) is 2.58. The van der Waals surface area contributed by atoms with E-state index in [0.717, 1.165) is 35.5 Å². The first-order valence-corrected chi connectivity index (χ1v) is 24.1. The molecule has 0 aliphatic heterocycles. The fourth-order valence-corrected chi connectivity index (χ4v) is 16.5. The maximum absolute atomic E-state index is 2.58. The quantitative estimate of drug-likeness (QED) is 0.163. The number of fused-ring (bicyclic) bond motifs is 6. The fraction of sp³-hybridized carbons (Fsp3) is 0.390. The van der Waals surface area contributed by atoms with Gasteiger partial charge in [0.15, 0.2) is 0 Å². The molecule has 7 aromatic rings. The van der Waals surface area contributed by atoms with Crippen molar-refractivity contribution < 1.29 is 0 Å². The van der Waals surface area contributed by atoms with Crippen LogP contribution in [0, 0.1) is 35.5 Å². The molecule has 0 radical (unpaired) electrons. The Balaban J connectivity index is 0.885. The summed E-state index contributed by atoms with van der Waals surface area (Å²) in [5.74, 6) is 5.70. The van der Waals surface area contributed by atoms with Crippen LogP contribution in [0.1, 0.15) is 113 Å². The molecule has 1 aromatic heterocycles. The van der Waals surface area contributed by atoms with Crippen LogP contribution in [0.15, 0.2) is 133 Å². The highest BCUT2D eigenvalue weighted by atomic mass is 15.1. The summed E-state index contributed by atoms with van der Waals surface area (Å²) in [5, 5.41) is 2.64. The van der Waals surface area contributed by atoms with Crippen LogP contribution in [0.5, 0.6) is 0 Å². The molecule has 2 nitrogen and oxygen atoms in total. The average Bonchev–Trinajstić information content (AvgIpc) is 3.70. The molecule has 8 bridgehead atoms. The Morgan fingerprint density at radius 1 is 0.426 bits per heavy atom. The molecule has 0 saturated heterocycles. The molecule has 8 saturated carbocycles. The highest BCUT2D eigenvalue weighted by molar-refractivity contribution is 6.11. The van der Waals surface area contributed by atoms with Crippen molar-refractivity contribution in [2.45, 2.75) is 107 Å². The molecule has 0 spiro atoms. The highest BCUT2D eigenvalue weighted by Gasteiger charge is 2.53. The van der Waals surface area contributed by atoms with Gasteiger partial charge in [0.05, 0.1) is 11.0 Å². The monoisotopic (exact) mass is 794 g/mol. The molecule has 0 unspecified atom stereocenters. The lowest BCUT2D eigenvalue weighted by Gasteiger charge is -2.57. The standard InChI is InChI=1S/C59H58N2/c1-57(2)53-28-48(20-21-49(53)51-29-52-50-10-6-7-11-55(50)61(56(52)30-54(51)57)45-8-4-3-5-9-45)60(46-16-12-43(13-17-46)58-31-37-22-38(32-58)24-39(23-37)33-58)47-18-14-44(15-19-47)59-34-40-25-41(35-59)27-42(26-40)36-59/h3-21,28-30,37-42H,22-27,31-36H2,1-2H3. The first-order chi connectivity index (χ1) is 29.8. The predicted octanol–water partition coefficient (Wildman–Crippen LogP) is 15.5. The van der Waals surface area contributed by atoms with Gasteiger partial charge in [-0.1, -0.05) is 80.6 Å². The minimum atomic E-state index is -0.163. The summed E-state index contributed by atoms with van der Waals surface area (Å²) < 4.78 is 2.47. The van der Waals surface area contributed by atoms with Gasteiger partial charge in [-0.15, -0.1) is 0 Å². The lowest BCUT2D eigenvalue weighted by atomic mass is 9.48. The van der Waals surface area contributed by atoms with E-state index in [1.165, 1.54) is 144 Å². The molecule has 0 N–H and O–H groups in total. The maximum atomic E-state index is 2.58. The molecule has 8 fully saturated rings. The van der Waals surface area contributed by atoms with E-state index in [1.54, 1.807) is 11.1 Å². The van der Waals surface area contributed by atoms with Crippen molar-refractivity contribution in [3.63, 3.8) is 0 Å². The summed E-state index contributed by atoms with van der Waals surface area (Å²) >= 11 is 0. The minimum absolute atomic E-state index is 0.163. The number of para-hydroxylation sites is 2. The van der Waals surface area contributed by atoms with E-state index >= 15 is 0 Å². The van der Waals surface area contributed by atoms with Crippen LogP contribution in [0.2, 0.25) is 0 Å². The molecule has 1 heterocycles. The topological polar surface area (TPSA) is 8.17 Å². The van der Waals surface area contributed by atoms with Crippen LogP contribution in [0.4, 0.5) is 17.1 Å². The Morgan fingerprint density at radius 3 is 1.44 bits per heavy atom. The summed E-state index contributed by atoms with van der Waals surface area (Å²) in [5.41, 5.74) is 17.0. The van der Waals surface area contributed by atoms with Crippen LogP contribution < -0.4 is 4.90 Å². The van der Waals surface area contributed by atoms with Crippen LogP contribution in [0.3, 0.4) is 0 Å². The second-order valence-electron chi connectivity index (χ2n) is 22.3. The van der Waals surface area contributed by atoms with E-state index in [-0.39, 0.29) is 5.41 Å². The Bertz CT molecular complexity index is 2730. The Morgan fingerprint density at radius 2 is 0.902 bits per heavy atom. The second-order valence-corrected chi connectivity index (χ2v) is 22.3. The number of nitrogens with zero attached hydrogens (tertiary/aromatic N) is 2. The number of anilines is 3. The van der Waals surface area contributed by atoms with E-state index in [9.17, 15) is 0 Å². The lowest BCUT2D eigenvalue weighted by Crippen LogP contribution is -2.48. The Labute approximate surface area is 362 Å². The SMILES string of the molecule is CC1(C)c2cc(N(c3ccc(C45CC6CC(CC(C6)C4)C5)cc3)c3ccc(C45CC6CC(CC(C6)C4)C5)cc3)ccc2-c2cc3c4ccccc4n(-c4ccccc4)c3cc21. The zero-order valence-electron chi connectivity index (χ0n) is 36.0. The molecule has 0 amide bonds. The number of hydrogen-bond donors (Lipinski definition) is 0. The van der Waals surface area contributed by atoms with Crippen LogP contribution in [0.25, 0.3) is 38.6 Å². The van der Waals surface area contributed by atoms with Crippen molar-refractivity contribution >= 4 is 38.9 Å². The number of hydrogen-bond acceptors (Lipinski definition) is 1. The number of benzene rings is 6. The largest absolute Gasteiger partial charge is 0.310 e. The van der Waals surface area contributed by atoms with E-state index < -0.39 is 0 Å². The van der Waals surface area contributed by atoms with Gasteiger partial charge in [0.25, 0.3) is 0 Å². The zero-order chi connectivity index (χ0) is 40.2. The van der Waals surface area contributed by atoms with Gasteiger partial charge in [0.1, 0.15) is 0 Å². The van der Waals surface area contributed by atoms with Gasteiger partial charge in [-0.25, -0.2) is 0 Å². The van der Waals surface area contributed by atoms with E-state index in [1.807, 2.05) is 0 Å². The van der Waals surface area contributed by atoms with Crippen LogP contribution >= 0.6 is 0 Å². The van der Waals surface area contributed by atoms with Gasteiger partial charge < -0.3 is 9.47 Å². The molecule has 16 rings (SSSR count). The lowest BCUT2D eigenvalue weighted by molar-refractivity contribution is -0.00529. The average molecular weight is 795 g/mol. The zero-order valence-corrected chi connectivity index (χ0v) is 36.0. The summed E-state index contributed by atoms with van der Waals surface area (Å²) in [6.07, 6.45) is 17.4. The molecular weight excluding hydrogens is 737 g/mol. The van der Waals surface area contributed by atoms with Crippen molar-refractivity contribution in [3.05, 3.63) is 156 Å². The molecule has 6 aromatic carbocycles. The van der Waals surface area contributed by atoms with Crippen molar-refractivity contribution in [2.75, 3.05) is 4.90 Å². The highest BCUT2D eigenvalue weighted by Crippen LogP contribution is 2.62. The van der Waals surface area contributed by atoms with Crippen molar-refractivity contribution in [1.82, 2.24) is 4.57 Å². The fourth-order valence-electron chi connectivity index (χ4n) is 16.5. The van der Waals surface area contributed by atoms with Gasteiger partial charge in [0, 0.05) is 38.9 Å². The van der Waals surface area contributed by atoms with E-state index in [2.05, 4.69) is 157 Å².